The van der Waals surface area contributed by atoms with E-state index in [4.69, 9.17) is 21.1 Å². The smallest absolute Gasteiger partial charge is 0.129 e. The summed E-state index contributed by atoms with van der Waals surface area (Å²) < 4.78 is 11.8. The molecule has 1 saturated carbocycles. The molecule has 4 N–H and O–H groups in total. The molecule has 1 aliphatic carbocycles. The maximum Gasteiger partial charge on any atom is 0.129 e. The van der Waals surface area contributed by atoms with Crippen LogP contribution < -0.4 is 4.74 Å². The van der Waals surface area contributed by atoms with Crippen LogP contribution in [0.1, 0.15) is 59.1 Å². The van der Waals surface area contributed by atoms with Gasteiger partial charge in [0, 0.05) is 11.1 Å². The van der Waals surface area contributed by atoms with E-state index >= 15 is 0 Å². The van der Waals surface area contributed by atoms with Gasteiger partial charge in [-0.3, -0.25) is 0 Å². The van der Waals surface area contributed by atoms with E-state index in [0.717, 1.165) is 29.5 Å². The number of hydrogen-bond acceptors (Lipinski definition) is 6. The van der Waals surface area contributed by atoms with Gasteiger partial charge in [0.1, 0.15) is 36.3 Å². The second-order valence-electron chi connectivity index (χ2n) is 9.14. The van der Waals surface area contributed by atoms with Crippen molar-refractivity contribution >= 4 is 11.6 Å². The third-order valence-corrected chi connectivity index (χ3v) is 7.32. The van der Waals surface area contributed by atoms with Gasteiger partial charge in [-0.1, -0.05) is 35.9 Å². The minimum absolute atomic E-state index is 0.474. The van der Waals surface area contributed by atoms with E-state index in [1.54, 1.807) is 0 Å². The Kier molecular flexibility index (Phi) is 6.18. The molecular formula is C25H29ClO6. The molecule has 2 heterocycles. The summed E-state index contributed by atoms with van der Waals surface area (Å²) in [5.74, 6) is 1.27. The van der Waals surface area contributed by atoms with Crippen molar-refractivity contribution in [3.63, 3.8) is 0 Å². The minimum atomic E-state index is -1.45. The fraction of sp³-hybridized carbons (Fsp3) is 0.520. The summed E-state index contributed by atoms with van der Waals surface area (Å²) in [6.07, 6.45) is -1.43. The van der Waals surface area contributed by atoms with Gasteiger partial charge < -0.3 is 29.9 Å². The van der Waals surface area contributed by atoms with Crippen LogP contribution in [0.2, 0.25) is 5.02 Å². The van der Waals surface area contributed by atoms with E-state index < -0.39 is 37.1 Å². The molecular weight excluding hydrogens is 432 g/mol. The zero-order chi connectivity index (χ0) is 22.4. The molecule has 0 aromatic heterocycles. The molecule has 0 amide bonds. The lowest BCUT2D eigenvalue weighted by molar-refractivity contribution is -0.232. The van der Waals surface area contributed by atoms with Crippen molar-refractivity contribution in [2.24, 2.45) is 0 Å². The number of ether oxygens (including phenoxy) is 2. The minimum Gasteiger partial charge on any atom is -0.493 e. The van der Waals surface area contributed by atoms with Crippen molar-refractivity contribution in [3.05, 3.63) is 63.2 Å². The molecule has 1 saturated heterocycles. The summed E-state index contributed by atoms with van der Waals surface area (Å²) in [7, 11) is 0. The second-order valence-corrected chi connectivity index (χ2v) is 9.52. The highest BCUT2D eigenvalue weighted by Gasteiger charge is 2.45. The van der Waals surface area contributed by atoms with Gasteiger partial charge in [-0.25, -0.2) is 0 Å². The van der Waals surface area contributed by atoms with E-state index in [9.17, 15) is 20.4 Å². The molecule has 6 nitrogen and oxygen atoms in total. The molecule has 7 heteroatoms. The Balaban J connectivity index is 1.52. The van der Waals surface area contributed by atoms with Crippen LogP contribution in [0, 0.1) is 0 Å². The first kappa shape index (κ1) is 22.1. The van der Waals surface area contributed by atoms with Crippen molar-refractivity contribution in [2.45, 2.75) is 68.5 Å². The van der Waals surface area contributed by atoms with Gasteiger partial charge in [-0.05, 0) is 60.8 Å². The SMILES string of the molecule is OCC1OC(c2cc(Cc3ccc(C4CC4)cc3)c(Cl)c3c2OCCC3)C(O)C(O)C1O. The molecule has 3 aliphatic rings. The number of rotatable bonds is 5. The fourth-order valence-corrected chi connectivity index (χ4v) is 5.15. The predicted molar refractivity (Wildman–Crippen MR) is 119 cm³/mol. The third kappa shape index (κ3) is 4.04. The van der Waals surface area contributed by atoms with Gasteiger partial charge in [0.15, 0.2) is 0 Å². The van der Waals surface area contributed by atoms with Gasteiger partial charge in [-0.15, -0.1) is 0 Å². The normalized spacial score (nSPS) is 30.0. The standard InChI is InChI=1S/C25H29ClO6/c26-20-16(10-13-3-5-14(6-4-13)15-7-8-15)11-18(24-17(20)2-1-9-31-24)25-23(30)22(29)21(28)19(12-27)32-25/h3-6,11,15,19,21-23,25,27-30H,1-2,7-10,12H2. The van der Waals surface area contributed by atoms with Gasteiger partial charge in [0.2, 0.25) is 0 Å². The molecule has 0 bridgehead atoms. The average molecular weight is 461 g/mol. The van der Waals surface area contributed by atoms with E-state index in [1.807, 2.05) is 6.07 Å². The maximum absolute atomic E-state index is 10.7. The quantitative estimate of drug-likeness (QED) is 0.547. The summed E-state index contributed by atoms with van der Waals surface area (Å²) in [6.45, 7) is 0.0496. The van der Waals surface area contributed by atoms with Gasteiger partial charge in [0.25, 0.3) is 0 Å². The highest BCUT2D eigenvalue weighted by Crippen LogP contribution is 2.45. The Hall–Kier alpha value is -1.67. The van der Waals surface area contributed by atoms with Crippen molar-refractivity contribution in [1.82, 2.24) is 0 Å². The number of fused-ring (bicyclic) bond motifs is 1. The van der Waals surface area contributed by atoms with Crippen LogP contribution in [0.15, 0.2) is 30.3 Å². The van der Waals surface area contributed by atoms with Crippen LogP contribution in [0.5, 0.6) is 5.75 Å². The first-order valence-corrected chi connectivity index (χ1v) is 11.7. The zero-order valence-electron chi connectivity index (χ0n) is 17.8. The van der Waals surface area contributed by atoms with Crippen LogP contribution in [0.3, 0.4) is 0 Å². The van der Waals surface area contributed by atoms with Crippen molar-refractivity contribution in [3.8, 4) is 5.75 Å². The van der Waals surface area contributed by atoms with Crippen molar-refractivity contribution in [1.29, 1.82) is 0 Å². The Labute approximate surface area is 192 Å². The zero-order valence-corrected chi connectivity index (χ0v) is 18.5. The van der Waals surface area contributed by atoms with Crippen LogP contribution in [-0.4, -0.2) is 58.1 Å². The Bertz CT molecular complexity index is 971. The largest absolute Gasteiger partial charge is 0.493 e. The maximum atomic E-state index is 10.7. The molecule has 32 heavy (non-hydrogen) atoms. The lowest BCUT2D eigenvalue weighted by atomic mass is 9.87. The molecule has 2 aromatic rings. The molecule has 0 spiro atoms. The molecule has 172 valence electrons. The lowest BCUT2D eigenvalue weighted by Gasteiger charge is -2.41. The molecule has 2 fully saturated rings. The van der Waals surface area contributed by atoms with Gasteiger partial charge in [-0.2, -0.15) is 0 Å². The monoisotopic (exact) mass is 460 g/mol. The predicted octanol–water partition coefficient (Wildman–Crippen LogP) is 2.65. The lowest BCUT2D eigenvalue weighted by Crippen LogP contribution is -2.55. The van der Waals surface area contributed by atoms with Crippen LogP contribution in [0.25, 0.3) is 0 Å². The van der Waals surface area contributed by atoms with E-state index in [1.165, 1.54) is 18.4 Å². The summed E-state index contributed by atoms with van der Waals surface area (Å²) in [6, 6.07) is 10.5. The Morgan fingerprint density at radius 1 is 1.00 bits per heavy atom. The van der Waals surface area contributed by atoms with Gasteiger partial charge in [0.05, 0.1) is 18.2 Å². The molecule has 2 aliphatic heterocycles. The number of halogens is 1. The first-order chi connectivity index (χ1) is 15.5. The molecule has 5 rings (SSSR count). The highest BCUT2D eigenvalue weighted by atomic mass is 35.5. The van der Waals surface area contributed by atoms with Crippen LogP contribution >= 0.6 is 11.6 Å². The summed E-state index contributed by atoms with van der Waals surface area (Å²) in [5, 5.41) is 41.4. The van der Waals surface area contributed by atoms with Crippen LogP contribution in [0.4, 0.5) is 0 Å². The third-order valence-electron chi connectivity index (χ3n) is 6.85. The van der Waals surface area contributed by atoms with E-state index in [2.05, 4.69) is 24.3 Å². The number of aliphatic hydroxyl groups excluding tert-OH is 4. The molecule has 5 atom stereocenters. The van der Waals surface area contributed by atoms with Gasteiger partial charge >= 0.3 is 0 Å². The second kappa shape index (κ2) is 8.93. The van der Waals surface area contributed by atoms with Crippen LogP contribution in [-0.2, 0) is 17.6 Å². The number of aliphatic hydroxyl groups is 4. The fourth-order valence-electron chi connectivity index (χ4n) is 4.84. The highest BCUT2D eigenvalue weighted by molar-refractivity contribution is 6.32. The molecule has 0 radical (unpaired) electrons. The number of hydrogen-bond donors (Lipinski definition) is 4. The first-order valence-electron chi connectivity index (χ1n) is 11.3. The summed E-state index contributed by atoms with van der Waals surface area (Å²) in [5.41, 5.74) is 4.86. The Morgan fingerprint density at radius 2 is 1.75 bits per heavy atom. The summed E-state index contributed by atoms with van der Waals surface area (Å²) in [4.78, 5) is 0. The molecule has 5 unspecified atom stereocenters. The Morgan fingerprint density at radius 3 is 2.44 bits per heavy atom. The van der Waals surface area contributed by atoms with Crippen molar-refractivity contribution < 1.29 is 29.9 Å². The summed E-state index contributed by atoms with van der Waals surface area (Å²) >= 11 is 6.81. The average Bonchev–Trinajstić information content (AvgIpc) is 3.66. The molecule has 2 aromatic carbocycles. The van der Waals surface area contributed by atoms with E-state index in [0.29, 0.717) is 35.3 Å². The topological polar surface area (TPSA) is 99.4 Å². The van der Waals surface area contributed by atoms with E-state index in [-0.39, 0.29) is 0 Å². The number of benzene rings is 2. The van der Waals surface area contributed by atoms with Crippen molar-refractivity contribution in [2.75, 3.05) is 13.2 Å².